The van der Waals surface area contributed by atoms with Gasteiger partial charge in [0, 0.05) is 6.42 Å². The average Bonchev–Trinajstić information content (AvgIpc) is 2.61. The Morgan fingerprint density at radius 2 is 2.00 bits per heavy atom. The SMILES string of the molecule is CN(C)C(c1ccc2c(c1)CCO2)C(F)(F)F. The molecule has 0 bridgehead atoms. The van der Waals surface area contributed by atoms with Gasteiger partial charge in [-0.05, 0) is 31.3 Å². The van der Waals surface area contributed by atoms with Crippen molar-refractivity contribution in [2.45, 2.75) is 18.6 Å². The second kappa shape index (κ2) is 4.22. The molecule has 2 rings (SSSR count). The van der Waals surface area contributed by atoms with Gasteiger partial charge in [-0.3, -0.25) is 4.90 Å². The van der Waals surface area contributed by atoms with Crippen molar-refractivity contribution >= 4 is 0 Å². The maximum atomic E-state index is 12.9. The molecule has 1 aliphatic heterocycles. The fraction of sp³-hybridized carbons (Fsp3) is 0.500. The van der Waals surface area contributed by atoms with E-state index in [1.165, 1.54) is 25.1 Å². The minimum atomic E-state index is -4.27. The number of benzene rings is 1. The largest absolute Gasteiger partial charge is 0.493 e. The molecule has 1 unspecified atom stereocenters. The Balaban J connectivity index is 2.37. The summed E-state index contributed by atoms with van der Waals surface area (Å²) in [6.07, 6.45) is -3.58. The Bertz CT molecular complexity index is 415. The number of hydrogen-bond acceptors (Lipinski definition) is 2. The fourth-order valence-electron chi connectivity index (χ4n) is 2.16. The number of alkyl halides is 3. The highest BCUT2D eigenvalue weighted by Gasteiger charge is 2.42. The van der Waals surface area contributed by atoms with Crippen LogP contribution in [-0.4, -0.2) is 31.8 Å². The number of fused-ring (bicyclic) bond motifs is 1. The molecule has 0 N–H and O–H groups in total. The van der Waals surface area contributed by atoms with E-state index in [4.69, 9.17) is 4.74 Å². The summed E-state index contributed by atoms with van der Waals surface area (Å²) in [4.78, 5) is 1.18. The Morgan fingerprint density at radius 1 is 1.29 bits per heavy atom. The van der Waals surface area contributed by atoms with Gasteiger partial charge in [-0.15, -0.1) is 0 Å². The Labute approximate surface area is 98.0 Å². The van der Waals surface area contributed by atoms with Crippen molar-refractivity contribution in [3.63, 3.8) is 0 Å². The zero-order valence-corrected chi connectivity index (χ0v) is 9.71. The maximum absolute atomic E-state index is 12.9. The number of nitrogens with zero attached hydrogens (tertiary/aromatic N) is 1. The molecule has 0 radical (unpaired) electrons. The number of halogens is 3. The molecule has 0 aromatic heterocycles. The summed E-state index contributed by atoms with van der Waals surface area (Å²) < 4.78 is 44.1. The summed E-state index contributed by atoms with van der Waals surface area (Å²) in [7, 11) is 2.86. The van der Waals surface area contributed by atoms with Gasteiger partial charge in [-0.1, -0.05) is 12.1 Å². The minimum Gasteiger partial charge on any atom is -0.493 e. The molecule has 2 nitrogen and oxygen atoms in total. The molecule has 17 heavy (non-hydrogen) atoms. The van der Waals surface area contributed by atoms with E-state index >= 15 is 0 Å². The van der Waals surface area contributed by atoms with Crippen molar-refractivity contribution in [1.29, 1.82) is 0 Å². The lowest BCUT2D eigenvalue weighted by Gasteiger charge is -2.27. The highest BCUT2D eigenvalue weighted by Crippen LogP contribution is 2.38. The van der Waals surface area contributed by atoms with E-state index in [2.05, 4.69) is 0 Å². The summed E-state index contributed by atoms with van der Waals surface area (Å²) >= 11 is 0. The number of hydrogen-bond donors (Lipinski definition) is 0. The van der Waals surface area contributed by atoms with Crippen LogP contribution in [0.4, 0.5) is 13.2 Å². The third-order valence-electron chi connectivity index (χ3n) is 2.86. The van der Waals surface area contributed by atoms with Gasteiger partial charge in [0.15, 0.2) is 0 Å². The van der Waals surface area contributed by atoms with Crippen LogP contribution < -0.4 is 4.74 Å². The standard InChI is InChI=1S/C12H14F3NO/c1-16(2)11(12(13,14)15)9-3-4-10-8(7-9)5-6-17-10/h3-4,7,11H,5-6H2,1-2H3. The second-order valence-electron chi connectivity index (χ2n) is 4.37. The lowest BCUT2D eigenvalue weighted by atomic mass is 10.0. The van der Waals surface area contributed by atoms with Crippen LogP contribution in [-0.2, 0) is 6.42 Å². The van der Waals surface area contributed by atoms with Crippen molar-refractivity contribution in [1.82, 2.24) is 4.90 Å². The van der Waals surface area contributed by atoms with Gasteiger partial charge >= 0.3 is 6.18 Å². The van der Waals surface area contributed by atoms with Gasteiger partial charge in [-0.2, -0.15) is 13.2 Å². The summed E-state index contributed by atoms with van der Waals surface area (Å²) in [5.74, 6) is 0.702. The van der Waals surface area contributed by atoms with Crippen molar-refractivity contribution < 1.29 is 17.9 Å². The van der Waals surface area contributed by atoms with Crippen molar-refractivity contribution in [2.75, 3.05) is 20.7 Å². The van der Waals surface area contributed by atoms with Gasteiger partial charge in [0.1, 0.15) is 11.8 Å². The summed E-state index contributed by atoms with van der Waals surface area (Å²) in [5.41, 5.74) is 1.13. The molecule has 0 saturated heterocycles. The lowest BCUT2D eigenvalue weighted by molar-refractivity contribution is -0.179. The lowest BCUT2D eigenvalue weighted by Crippen LogP contribution is -2.33. The molecule has 1 aliphatic rings. The summed E-state index contributed by atoms with van der Waals surface area (Å²) in [6.45, 7) is 0.553. The molecule has 1 heterocycles. The first-order valence-electron chi connectivity index (χ1n) is 5.38. The highest BCUT2D eigenvalue weighted by atomic mass is 19.4. The van der Waals surface area contributed by atoms with Crippen LogP contribution in [0, 0.1) is 0 Å². The van der Waals surface area contributed by atoms with E-state index in [9.17, 15) is 13.2 Å². The first-order chi connectivity index (χ1) is 7.89. The van der Waals surface area contributed by atoms with E-state index < -0.39 is 12.2 Å². The van der Waals surface area contributed by atoms with Crippen LogP contribution >= 0.6 is 0 Å². The zero-order chi connectivity index (χ0) is 12.6. The van der Waals surface area contributed by atoms with E-state index in [0.717, 1.165) is 5.56 Å². The molecule has 0 spiro atoms. The van der Waals surface area contributed by atoms with E-state index in [0.29, 0.717) is 18.8 Å². The molecule has 1 aromatic carbocycles. The van der Waals surface area contributed by atoms with Gasteiger partial charge in [-0.25, -0.2) is 0 Å². The predicted molar refractivity (Wildman–Crippen MR) is 58.1 cm³/mol. The fourth-order valence-corrected chi connectivity index (χ4v) is 2.16. The molecule has 94 valence electrons. The van der Waals surface area contributed by atoms with Crippen molar-refractivity contribution in [3.05, 3.63) is 29.3 Å². The van der Waals surface area contributed by atoms with Crippen LogP contribution in [0.1, 0.15) is 17.2 Å². The Morgan fingerprint density at radius 3 is 2.59 bits per heavy atom. The molecule has 0 aliphatic carbocycles. The van der Waals surface area contributed by atoms with Gasteiger partial charge in [0.05, 0.1) is 6.61 Å². The monoisotopic (exact) mass is 245 g/mol. The van der Waals surface area contributed by atoms with E-state index in [1.54, 1.807) is 12.1 Å². The van der Waals surface area contributed by atoms with Crippen LogP contribution in [0.5, 0.6) is 5.75 Å². The topological polar surface area (TPSA) is 12.5 Å². The smallest absolute Gasteiger partial charge is 0.408 e. The average molecular weight is 245 g/mol. The molecule has 1 aromatic rings. The van der Waals surface area contributed by atoms with Crippen LogP contribution in [0.25, 0.3) is 0 Å². The zero-order valence-electron chi connectivity index (χ0n) is 9.71. The Hall–Kier alpha value is -1.23. The minimum absolute atomic E-state index is 0.270. The van der Waals surface area contributed by atoms with Gasteiger partial charge in [0.2, 0.25) is 0 Å². The number of rotatable bonds is 2. The third kappa shape index (κ3) is 2.39. The van der Waals surface area contributed by atoms with E-state index in [-0.39, 0.29) is 5.56 Å². The normalized spacial score (nSPS) is 16.8. The molecule has 0 fully saturated rings. The number of ether oxygens (including phenoxy) is 1. The van der Waals surface area contributed by atoms with E-state index in [1.807, 2.05) is 0 Å². The third-order valence-corrected chi connectivity index (χ3v) is 2.86. The van der Waals surface area contributed by atoms with Crippen LogP contribution in [0.15, 0.2) is 18.2 Å². The maximum Gasteiger partial charge on any atom is 0.408 e. The molecule has 0 amide bonds. The van der Waals surface area contributed by atoms with Crippen LogP contribution in [0.2, 0.25) is 0 Å². The predicted octanol–water partition coefficient (Wildman–Crippen LogP) is 2.79. The first kappa shape index (κ1) is 12.2. The van der Waals surface area contributed by atoms with Crippen molar-refractivity contribution in [3.8, 4) is 5.75 Å². The molecular weight excluding hydrogens is 231 g/mol. The molecular formula is C12H14F3NO. The molecule has 5 heteroatoms. The Kier molecular flexibility index (Phi) is 3.03. The molecule has 1 atom stereocenters. The molecule has 0 saturated carbocycles. The summed E-state index contributed by atoms with van der Waals surface area (Å²) in [6, 6.07) is 3.15. The summed E-state index contributed by atoms with van der Waals surface area (Å²) in [5, 5.41) is 0. The van der Waals surface area contributed by atoms with Crippen LogP contribution in [0.3, 0.4) is 0 Å². The van der Waals surface area contributed by atoms with Crippen molar-refractivity contribution in [2.24, 2.45) is 0 Å². The first-order valence-corrected chi connectivity index (χ1v) is 5.38. The van der Waals surface area contributed by atoms with Gasteiger partial charge < -0.3 is 4.74 Å². The quantitative estimate of drug-likeness (QED) is 0.794. The van der Waals surface area contributed by atoms with Gasteiger partial charge in [0.25, 0.3) is 0 Å². The second-order valence-corrected chi connectivity index (χ2v) is 4.37. The highest BCUT2D eigenvalue weighted by molar-refractivity contribution is 5.41.